The van der Waals surface area contributed by atoms with Crippen LogP contribution in [0.1, 0.15) is 15.2 Å². The molecule has 1 heteroatoms. The van der Waals surface area contributed by atoms with Crippen molar-refractivity contribution in [2.45, 2.75) is 6.85 Å². The van der Waals surface area contributed by atoms with E-state index >= 15 is 0 Å². The van der Waals surface area contributed by atoms with Crippen LogP contribution in [0, 0.1) is 12.7 Å². The first-order valence-corrected chi connectivity index (χ1v) is 1.94. The highest BCUT2D eigenvalue weighted by Crippen LogP contribution is 1.99. The lowest BCUT2D eigenvalue weighted by Crippen LogP contribution is -1.72. The minimum absolute atomic E-state index is 0.786. The molecule has 0 amide bonds. The Kier molecular flexibility index (Phi) is 0.329. The lowest BCUT2D eigenvalue weighted by molar-refractivity contribution is 0.626. The molecule has 42 valence electrons. The molecule has 1 rings (SSSR count). The molecular weight excluding hydrogens is 103 g/mol. The second kappa shape index (κ2) is 1.95. The molecule has 0 bridgehead atoms. The Morgan fingerprint density at radius 3 is 3.38 bits per heavy atom. The lowest BCUT2D eigenvalue weighted by atomic mass is 10.2. The van der Waals surface area contributed by atoms with Crippen molar-refractivity contribution in [3.8, 4) is 0 Å². The maximum absolute atomic E-state index is 13.1. The predicted octanol–water partition coefficient (Wildman–Crippen LogP) is 2.13. The van der Waals surface area contributed by atoms with Gasteiger partial charge >= 0.3 is 0 Å². The average Bonchev–Trinajstić information content (AvgIpc) is 2.09. The molecule has 1 aromatic rings. The molecule has 0 aromatic heterocycles. The second-order valence-electron chi connectivity index (χ2n) is 1.19. The number of benzene rings is 1. The van der Waals surface area contributed by atoms with Crippen LogP contribution >= 0.6 is 0 Å². The van der Waals surface area contributed by atoms with Gasteiger partial charge in [-0.2, -0.15) is 0 Å². The van der Waals surface area contributed by atoms with E-state index in [-0.39, 0.29) is 0 Å². The molecule has 0 saturated carbocycles. The molecule has 0 N–H and O–H groups in total. The van der Waals surface area contributed by atoms with Crippen molar-refractivity contribution in [3.63, 3.8) is 0 Å². The summed E-state index contributed by atoms with van der Waals surface area (Å²) in [7, 11) is 0. The van der Waals surface area contributed by atoms with Gasteiger partial charge in [0, 0.05) is 4.11 Å². The minimum atomic E-state index is -2.82. The molecule has 0 aliphatic carbocycles. The first kappa shape index (κ1) is 1.35. The molecule has 0 aliphatic heterocycles. The first-order valence-electron chi connectivity index (χ1n) is 5.44. The van der Waals surface area contributed by atoms with Gasteiger partial charge in [0.2, 0.25) is 0 Å². The smallest absolute Gasteiger partial charge is 0.123 e. The maximum Gasteiger partial charge on any atom is 0.123 e. The highest BCUT2D eigenvalue weighted by Gasteiger charge is 1.84. The van der Waals surface area contributed by atoms with E-state index in [0.717, 1.165) is 0 Å². The van der Waals surface area contributed by atoms with Crippen molar-refractivity contribution < 1.29 is 14.0 Å². The van der Waals surface area contributed by atoms with Gasteiger partial charge in [0.25, 0.3) is 0 Å². The van der Waals surface area contributed by atoms with Gasteiger partial charge < -0.3 is 0 Å². The molecule has 0 heterocycles. The van der Waals surface area contributed by atoms with E-state index in [9.17, 15) is 4.39 Å². The molecule has 0 aliphatic rings. The highest BCUT2D eigenvalue weighted by molar-refractivity contribution is 5.13. The Bertz CT molecular complexity index is 380. The standard InChI is InChI=1S/C7H7F/c1-6-3-2-4-7(8)5-6/h2-5H,1H3/i1D3,2D,3D,4D,5D. The van der Waals surface area contributed by atoms with E-state index in [4.69, 9.17) is 9.60 Å². The lowest BCUT2D eigenvalue weighted by Gasteiger charge is -1.87. The molecule has 0 unspecified atom stereocenters. The van der Waals surface area contributed by atoms with Gasteiger partial charge in [-0.05, 0) is 24.5 Å². The third-order valence-electron chi connectivity index (χ3n) is 0.594. The summed E-state index contributed by atoms with van der Waals surface area (Å²) < 4.78 is 62.8. The number of hydrogen-bond acceptors (Lipinski definition) is 0. The molecule has 0 atom stereocenters. The van der Waals surface area contributed by atoms with Gasteiger partial charge in [0.1, 0.15) is 5.82 Å². The van der Waals surface area contributed by atoms with Gasteiger partial charge in [0.05, 0.1) is 5.48 Å². The Balaban J connectivity index is 3.68. The van der Waals surface area contributed by atoms with E-state index < -0.39 is 42.4 Å². The van der Waals surface area contributed by atoms with E-state index in [1.54, 1.807) is 0 Å². The zero-order valence-electron chi connectivity index (χ0n) is 10.9. The van der Waals surface area contributed by atoms with Crippen LogP contribution in [0.4, 0.5) is 4.39 Å². The topological polar surface area (TPSA) is 0 Å². The van der Waals surface area contributed by atoms with Crippen LogP contribution in [0.2, 0.25) is 0 Å². The summed E-state index contributed by atoms with van der Waals surface area (Å²) in [6, 6.07) is -3.51. The van der Waals surface area contributed by atoms with Crippen molar-refractivity contribution in [2.24, 2.45) is 0 Å². The van der Waals surface area contributed by atoms with E-state index in [0.29, 0.717) is 0 Å². The minimum Gasteiger partial charge on any atom is -0.207 e. The van der Waals surface area contributed by atoms with Crippen molar-refractivity contribution in [3.05, 3.63) is 35.6 Å². The number of rotatable bonds is 0. The molecule has 1 aromatic carbocycles. The fraction of sp³-hybridized carbons (Fsp3) is 0.143. The van der Waals surface area contributed by atoms with Gasteiger partial charge in [-0.25, -0.2) is 4.39 Å². The van der Waals surface area contributed by atoms with Crippen LogP contribution in [0.15, 0.2) is 24.2 Å². The molecule has 0 radical (unpaired) electrons. The summed E-state index contributed by atoms with van der Waals surface area (Å²) in [5, 5.41) is 0. The Hall–Kier alpha value is -0.850. The summed E-state index contributed by atoms with van der Waals surface area (Å²) in [6.07, 6.45) is 0. The van der Waals surface area contributed by atoms with Gasteiger partial charge in [-0.15, -0.1) is 0 Å². The van der Waals surface area contributed by atoms with Crippen LogP contribution < -0.4 is 0 Å². The summed E-state index contributed by atoms with van der Waals surface area (Å²) in [6.45, 7) is -2.82. The fourth-order valence-corrected chi connectivity index (χ4v) is 0.321. The quantitative estimate of drug-likeness (QED) is 0.488. The average molecular weight is 117 g/mol. The normalized spacial score (nSPS) is 23.4. The van der Waals surface area contributed by atoms with Gasteiger partial charge in [-0.1, -0.05) is 12.1 Å². The van der Waals surface area contributed by atoms with E-state index in [1.807, 2.05) is 0 Å². The van der Waals surface area contributed by atoms with Crippen molar-refractivity contribution in [1.29, 1.82) is 0 Å². The SMILES string of the molecule is [2H]c1c([2H])c(F)c([2H])c(C([2H])([2H])[2H])c1[2H]. The van der Waals surface area contributed by atoms with Crippen LogP contribution in [0.3, 0.4) is 0 Å². The van der Waals surface area contributed by atoms with Crippen LogP contribution in [-0.2, 0) is 0 Å². The van der Waals surface area contributed by atoms with Crippen LogP contribution in [-0.4, -0.2) is 0 Å². The molecule has 0 spiro atoms. The monoisotopic (exact) mass is 117 g/mol. The van der Waals surface area contributed by atoms with E-state index in [1.165, 1.54) is 0 Å². The summed E-state index contributed by atoms with van der Waals surface area (Å²) in [5.41, 5.74) is -0.819. The van der Waals surface area contributed by atoms with Gasteiger partial charge in [-0.3, -0.25) is 0 Å². The fourth-order valence-electron chi connectivity index (χ4n) is 0.321. The molecular formula is C7H7F. The molecule has 0 nitrogen and oxygen atoms in total. The number of hydrogen-bond donors (Lipinski definition) is 0. The van der Waals surface area contributed by atoms with Crippen LogP contribution in [0.25, 0.3) is 0 Å². The Morgan fingerprint density at radius 2 is 2.62 bits per heavy atom. The summed E-state index contributed by atoms with van der Waals surface area (Å²) in [4.78, 5) is 0. The molecule has 0 fully saturated rings. The Morgan fingerprint density at radius 1 is 1.75 bits per heavy atom. The predicted molar refractivity (Wildman–Crippen MR) is 31.1 cm³/mol. The first-order chi connectivity index (χ1) is 6.68. The van der Waals surface area contributed by atoms with Crippen molar-refractivity contribution in [2.75, 3.05) is 0 Å². The Labute approximate surface area is 57.8 Å². The third kappa shape index (κ3) is 1.06. The summed E-state index contributed by atoms with van der Waals surface area (Å²) in [5.74, 6) is -1.37. The zero-order chi connectivity index (χ0) is 12.0. The van der Waals surface area contributed by atoms with Crippen molar-refractivity contribution >= 4 is 0 Å². The third-order valence-corrected chi connectivity index (χ3v) is 0.594. The number of halogens is 1. The van der Waals surface area contributed by atoms with Gasteiger partial charge in [0.15, 0.2) is 0 Å². The largest absolute Gasteiger partial charge is 0.207 e. The zero-order valence-corrected chi connectivity index (χ0v) is 3.88. The summed E-state index contributed by atoms with van der Waals surface area (Å²) >= 11 is 0. The van der Waals surface area contributed by atoms with Crippen molar-refractivity contribution in [1.82, 2.24) is 0 Å². The maximum atomic E-state index is 13.1. The second-order valence-corrected chi connectivity index (χ2v) is 1.19. The van der Waals surface area contributed by atoms with E-state index in [2.05, 4.69) is 0 Å². The molecule has 8 heavy (non-hydrogen) atoms. The highest BCUT2D eigenvalue weighted by atomic mass is 19.1. The molecule has 0 saturated heterocycles. The van der Waals surface area contributed by atoms with Crippen LogP contribution in [0.5, 0.6) is 0 Å².